The Morgan fingerprint density at radius 2 is 2.10 bits per heavy atom. The minimum Gasteiger partial charge on any atom is -0.469 e. The molecule has 0 bridgehead atoms. The van der Waals surface area contributed by atoms with Crippen LogP contribution in [0, 0.1) is 12.8 Å². The molecule has 0 saturated carbocycles. The van der Waals surface area contributed by atoms with Gasteiger partial charge in [-0.1, -0.05) is 29.8 Å². The predicted molar refractivity (Wildman–Crippen MR) is 85.5 cm³/mol. The van der Waals surface area contributed by atoms with E-state index < -0.39 is 0 Å². The Morgan fingerprint density at radius 3 is 2.81 bits per heavy atom. The van der Waals surface area contributed by atoms with E-state index in [0.29, 0.717) is 5.92 Å². The molecule has 2 rings (SSSR count). The SMILES string of the molecule is COCCNCC(Cc1cccc(C)c1)Cc1ccco1. The molecule has 1 aromatic carbocycles. The lowest BCUT2D eigenvalue weighted by atomic mass is 9.94. The molecule has 1 atom stereocenters. The zero-order valence-corrected chi connectivity index (χ0v) is 13.0. The average Bonchev–Trinajstić information content (AvgIpc) is 2.96. The number of furan rings is 1. The smallest absolute Gasteiger partial charge is 0.104 e. The van der Waals surface area contributed by atoms with Gasteiger partial charge in [0, 0.05) is 20.1 Å². The van der Waals surface area contributed by atoms with E-state index in [2.05, 4.69) is 42.6 Å². The van der Waals surface area contributed by atoms with Crippen molar-refractivity contribution in [2.45, 2.75) is 19.8 Å². The standard InChI is InChI=1S/C18H25NO2/c1-15-5-3-6-16(11-15)12-17(14-19-8-10-20-2)13-18-7-4-9-21-18/h3-7,9,11,17,19H,8,10,12-14H2,1-2H3. The van der Waals surface area contributed by atoms with Gasteiger partial charge < -0.3 is 14.5 Å². The summed E-state index contributed by atoms with van der Waals surface area (Å²) in [5.74, 6) is 1.58. The van der Waals surface area contributed by atoms with Gasteiger partial charge in [0.25, 0.3) is 0 Å². The number of ether oxygens (including phenoxy) is 1. The number of hydrogen-bond acceptors (Lipinski definition) is 3. The predicted octanol–water partition coefficient (Wildman–Crippen LogP) is 3.23. The van der Waals surface area contributed by atoms with E-state index in [1.54, 1.807) is 13.4 Å². The summed E-state index contributed by atoms with van der Waals surface area (Å²) in [7, 11) is 1.73. The minimum absolute atomic E-state index is 0.523. The van der Waals surface area contributed by atoms with Crippen molar-refractivity contribution in [3.05, 3.63) is 59.5 Å². The fourth-order valence-electron chi connectivity index (χ4n) is 2.58. The van der Waals surface area contributed by atoms with Gasteiger partial charge in [-0.25, -0.2) is 0 Å². The van der Waals surface area contributed by atoms with Crippen molar-refractivity contribution in [3.8, 4) is 0 Å². The maximum atomic E-state index is 5.50. The molecule has 0 saturated heterocycles. The third kappa shape index (κ3) is 5.74. The Hall–Kier alpha value is -1.58. The van der Waals surface area contributed by atoms with Crippen LogP contribution in [0.3, 0.4) is 0 Å². The molecule has 3 heteroatoms. The summed E-state index contributed by atoms with van der Waals surface area (Å²) in [5, 5.41) is 3.47. The second-order valence-corrected chi connectivity index (χ2v) is 5.54. The fourth-order valence-corrected chi connectivity index (χ4v) is 2.58. The summed E-state index contributed by atoms with van der Waals surface area (Å²) in [4.78, 5) is 0. The molecular formula is C18H25NO2. The van der Waals surface area contributed by atoms with Gasteiger partial charge in [0.05, 0.1) is 12.9 Å². The summed E-state index contributed by atoms with van der Waals surface area (Å²) >= 11 is 0. The monoisotopic (exact) mass is 287 g/mol. The van der Waals surface area contributed by atoms with Crippen LogP contribution in [0.15, 0.2) is 47.1 Å². The van der Waals surface area contributed by atoms with Crippen LogP contribution < -0.4 is 5.32 Å². The topological polar surface area (TPSA) is 34.4 Å². The Bertz CT molecular complexity index is 508. The van der Waals surface area contributed by atoms with Crippen LogP contribution in [-0.2, 0) is 17.6 Å². The molecule has 2 aromatic rings. The van der Waals surface area contributed by atoms with E-state index in [4.69, 9.17) is 9.15 Å². The van der Waals surface area contributed by atoms with Crippen molar-refractivity contribution in [2.24, 2.45) is 5.92 Å². The van der Waals surface area contributed by atoms with E-state index in [1.807, 2.05) is 6.07 Å². The number of hydrogen-bond donors (Lipinski definition) is 1. The van der Waals surface area contributed by atoms with Gasteiger partial charge in [0.15, 0.2) is 0 Å². The number of methoxy groups -OCH3 is 1. The van der Waals surface area contributed by atoms with E-state index >= 15 is 0 Å². The fraction of sp³-hybridized carbons (Fsp3) is 0.444. The maximum Gasteiger partial charge on any atom is 0.104 e. The lowest BCUT2D eigenvalue weighted by Gasteiger charge is -2.17. The van der Waals surface area contributed by atoms with Crippen LogP contribution in [0.5, 0.6) is 0 Å². The molecule has 0 aliphatic heterocycles. The van der Waals surface area contributed by atoms with Crippen LogP contribution in [0.2, 0.25) is 0 Å². The zero-order valence-electron chi connectivity index (χ0n) is 13.0. The van der Waals surface area contributed by atoms with Gasteiger partial charge in [-0.3, -0.25) is 0 Å². The van der Waals surface area contributed by atoms with Crippen molar-refractivity contribution in [2.75, 3.05) is 26.8 Å². The van der Waals surface area contributed by atoms with Crippen LogP contribution in [0.25, 0.3) is 0 Å². The molecular weight excluding hydrogens is 262 g/mol. The molecule has 0 aliphatic carbocycles. The highest BCUT2D eigenvalue weighted by Gasteiger charge is 2.12. The quantitative estimate of drug-likeness (QED) is 0.719. The first-order valence-electron chi connectivity index (χ1n) is 7.55. The highest BCUT2D eigenvalue weighted by atomic mass is 16.5. The Kier molecular flexibility index (Phi) is 6.51. The number of rotatable bonds is 9. The van der Waals surface area contributed by atoms with Gasteiger partial charge in [0.1, 0.15) is 5.76 Å². The molecule has 0 aliphatic rings. The molecule has 0 fully saturated rings. The molecule has 0 radical (unpaired) electrons. The van der Waals surface area contributed by atoms with Gasteiger partial charge in [-0.05, 0) is 43.5 Å². The van der Waals surface area contributed by atoms with Crippen LogP contribution in [-0.4, -0.2) is 26.8 Å². The first-order valence-corrected chi connectivity index (χ1v) is 7.55. The molecule has 0 spiro atoms. The summed E-state index contributed by atoms with van der Waals surface area (Å²) in [6.07, 6.45) is 3.76. The highest BCUT2D eigenvalue weighted by molar-refractivity contribution is 5.22. The molecule has 21 heavy (non-hydrogen) atoms. The molecule has 114 valence electrons. The summed E-state index contributed by atoms with van der Waals surface area (Å²) in [6.45, 7) is 4.75. The molecule has 3 nitrogen and oxygen atoms in total. The molecule has 1 aromatic heterocycles. The van der Waals surface area contributed by atoms with Crippen molar-refractivity contribution in [3.63, 3.8) is 0 Å². The summed E-state index contributed by atoms with van der Waals surface area (Å²) in [6, 6.07) is 12.8. The van der Waals surface area contributed by atoms with Crippen LogP contribution >= 0.6 is 0 Å². The lowest BCUT2D eigenvalue weighted by Crippen LogP contribution is -2.28. The Labute approximate surface area is 127 Å². The molecule has 1 N–H and O–H groups in total. The first kappa shape index (κ1) is 15.8. The van der Waals surface area contributed by atoms with E-state index in [1.165, 1.54) is 11.1 Å². The molecule has 0 amide bonds. The van der Waals surface area contributed by atoms with Crippen LogP contribution in [0.1, 0.15) is 16.9 Å². The van der Waals surface area contributed by atoms with Crippen molar-refractivity contribution in [1.29, 1.82) is 0 Å². The van der Waals surface area contributed by atoms with Gasteiger partial charge in [0.2, 0.25) is 0 Å². The zero-order chi connectivity index (χ0) is 14.9. The first-order chi connectivity index (χ1) is 10.3. The number of aryl methyl sites for hydroxylation is 1. The van der Waals surface area contributed by atoms with Gasteiger partial charge in [-0.15, -0.1) is 0 Å². The minimum atomic E-state index is 0.523. The second-order valence-electron chi connectivity index (χ2n) is 5.54. The summed E-state index contributed by atoms with van der Waals surface area (Å²) in [5.41, 5.74) is 2.71. The number of nitrogens with one attached hydrogen (secondary N) is 1. The maximum absolute atomic E-state index is 5.50. The van der Waals surface area contributed by atoms with Crippen molar-refractivity contribution >= 4 is 0 Å². The van der Waals surface area contributed by atoms with Crippen molar-refractivity contribution in [1.82, 2.24) is 5.32 Å². The van der Waals surface area contributed by atoms with Gasteiger partial charge in [-0.2, -0.15) is 0 Å². The third-order valence-corrected chi connectivity index (χ3v) is 3.59. The van der Waals surface area contributed by atoms with E-state index in [-0.39, 0.29) is 0 Å². The summed E-state index contributed by atoms with van der Waals surface area (Å²) < 4.78 is 10.6. The van der Waals surface area contributed by atoms with E-state index in [9.17, 15) is 0 Å². The lowest BCUT2D eigenvalue weighted by molar-refractivity contribution is 0.197. The molecule has 1 unspecified atom stereocenters. The van der Waals surface area contributed by atoms with Gasteiger partial charge >= 0.3 is 0 Å². The van der Waals surface area contributed by atoms with Crippen molar-refractivity contribution < 1.29 is 9.15 Å². The Morgan fingerprint density at radius 1 is 1.19 bits per heavy atom. The highest BCUT2D eigenvalue weighted by Crippen LogP contribution is 2.16. The third-order valence-electron chi connectivity index (χ3n) is 3.59. The Balaban J connectivity index is 1.93. The average molecular weight is 287 g/mol. The van der Waals surface area contributed by atoms with E-state index in [0.717, 1.165) is 38.3 Å². The molecule has 1 heterocycles. The normalized spacial score (nSPS) is 12.5. The number of benzene rings is 1. The second kappa shape index (κ2) is 8.65. The van der Waals surface area contributed by atoms with Crippen LogP contribution in [0.4, 0.5) is 0 Å². The largest absolute Gasteiger partial charge is 0.469 e.